The first-order chi connectivity index (χ1) is 5.86. The highest BCUT2D eigenvalue weighted by atomic mass is 19.1. The van der Waals surface area contributed by atoms with Gasteiger partial charge in [-0.1, -0.05) is 6.42 Å². The van der Waals surface area contributed by atoms with E-state index in [1.807, 2.05) is 0 Å². The molecule has 0 spiro atoms. The zero-order valence-electron chi connectivity index (χ0n) is 7.64. The molecule has 0 bridgehead atoms. The second-order valence-corrected chi connectivity index (χ2v) is 4.21. The Hall–Kier alpha value is -0.110. The molecule has 1 heterocycles. The zero-order valence-corrected chi connectivity index (χ0v) is 7.64. The number of hydrogen-bond acceptors (Lipinski definition) is 1. The number of piperidine rings is 1. The number of likely N-dealkylation sites (tertiary alicyclic amines) is 1. The summed E-state index contributed by atoms with van der Waals surface area (Å²) in [5, 5.41) is 0. The average molecular weight is 171 g/mol. The van der Waals surface area contributed by atoms with E-state index in [9.17, 15) is 4.39 Å². The van der Waals surface area contributed by atoms with Crippen molar-refractivity contribution in [3.63, 3.8) is 0 Å². The van der Waals surface area contributed by atoms with Crippen molar-refractivity contribution in [1.82, 2.24) is 4.90 Å². The smallest absolute Gasteiger partial charge is 0.116 e. The summed E-state index contributed by atoms with van der Waals surface area (Å²) in [5.74, 6) is 0.423. The molecule has 12 heavy (non-hydrogen) atoms. The van der Waals surface area contributed by atoms with Gasteiger partial charge in [0.05, 0.1) is 0 Å². The molecule has 2 rings (SSSR count). The second kappa shape index (κ2) is 3.73. The maximum Gasteiger partial charge on any atom is 0.116 e. The number of alkyl halides is 1. The van der Waals surface area contributed by atoms with E-state index in [4.69, 9.17) is 0 Å². The van der Waals surface area contributed by atoms with Crippen LogP contribution >= 0.6 is 0 Å². The Kier molecular flexibility index (Phi) is 2.64. The monoisotopic (exact) mass is 171 g/mol. The third-order valence-electron chi connectivity index (χ3n) is 3.01. The molecule has 0 aromatic carbocycles. The number of halogens is 1. The van der Waals surface area contributed by atoms with Gasteiger partial charge in [0, 0.05) is 6.54 Å². The highest BCUT2D eigenvalue weighted by Crippen LogP contribution is 2.34. The van der Waals surface area contributed by atoms with Gasteiger partial charge in [-0.3, -0.25) is 0 Å². The Morgan fingerprint density at radius 2 is 1.83 bits per heavy atom. The lowest BCUT2D eigenvalue weighted by atomic mass is 10.1. The molecular weight excluding hydrogens is 153 g/mol. The molecule has 1 saturated carbocycles. The van der Waals surface area contributed by atoms with Crippen LogP contribution in [0.5, 0.6) is 0 Å². The summed E-state index contributed by atoms with van der Waals surface area (Å²) in [4.78, 5) is 2.30. The van der Waals surface area contributed by atoms with Crippen LogP contribution in [-0.4, -0.2) is 30.7 Å². The normalized spacial score (nSPS) is 28.8. The first kappa shape index (κ1) is 8.49. The predicted molar refractivity (Wildman–Crippen MR) is 47.9 cm³/mol. The van der Waals surface area contributed by atoms with Crippen LogP contribution in [0.2, 0.25) is 0 Å². The molecule has 1 nitrogen and oxygen atoms in total. The van der Waals surface area contributed by atoms with Crippen molar-refractivity contribution >= 4 is 0 Å². The summed E-state index contributed by atoms with van der Waals surface area (Å²) in [5.41, 5.74) is 0. The Bertz CT molecular complexity index is 139. The summed E-state index contributed by atoms with van der Waals surface area (Å²) in [6.07, 6.45) is 5.64. The van der Waals surface area contributed by atoms with Crippen LogP contribution in [-0.2, 0) is 0 Å². The standard InChI is InChI=1S/C10H18FN/c11-10(9-4-5-9)8-12-6-2-1-3-7-12/h9-10H,1-8H2. The van der Waals surface area contributed by atoms with Gasteiger partial charge in [-0.2, -0.15) is 0 Å². The van der Waals surface area contributed by atoms with Crippen molar-refractivity contribution in [3.05, 3.63) is 0 Å². The Balaban J connectivity index is 1.69. The lowest BCUT2D eigenvalue weighted by Crippen LogP contribution is -2.35. The van der Waals surface area contributed by atoms with Gasteiger partial charge in [0.15, 0.2) is 0 Å². The molecule has 70 valence electrons. The van der Waals surface area contributed by atoms with Gasteiger partial charge >= 0.3 is 0 Å². The van der Waals surface area contributed by atoms with E-state index < -0.39 is 6.17 Å². The van der Waals surface area contributed by atoms with Gasteiger partial charge in [-0.15, -0.1) is 0 Å². The molecule has 2 aliphatic rings. The largest absolute Gasteiger partial charge is 0.300 e. The fourth-order valence-corrected chi connectivity index (χ4v) is 2.00. The number of hydrogen-bond donors (Lipinski definition) is 0. The minimum Gasteiger partial charge on any atom is -0.300 e. The van der Waals surface area contributed by atoms with E-state index in [0.29, 0.717) is 12.5 Å². The van der Waals surface area contributed by atoms with Gasteiger partial charge in [-0.05, 0) is 44.7 Å². The second-order valence-electron chi connectivity index (χ2n) is 4.21. The van der Waals surface area contributed by atoms with E-state index in [1.54, 1.807) is 0 Å². The van der Waals surface area contributed by atoms with Gasteiger partial charge in [-0.25, -0.2) is 4.39 Å². The number of rotatable bonds is 3. The average Bonchev–Trinajstić information content (AvgIpc) is 2.88. The summed E-state index contributed by atoms with van der Waals surface area (Å²) >= 11 is 0. The molecule has 0 aromatic rings. The summed E-state index contributed by atoms with van der Waals surface area (Å²) < 4.78 is 13.3. The highest BCUT2D eigenvalue weighted by Gasteiger charge is 2.32. The molecule has 1 aliphatic carbocycles. The van der Waals surface area contributed by atoms with Gasteiger partial charge in [0.25, 0.3) is 0 Å². The zero-order chi connectivity index (χ0) is 8.39. The maximum atomic E-state index is 13.3. The van der Waals surface area contributed by atoms with Crippen LogP contribution in [0.4, 0.5) is 4.39 Å². The van der Waals surface area contributed by atoms with Crippen molar-refractivity contribution in [1.29, 1.82) is 0 Å². The lowest BCUT2D eigenvalue weighted by Gasteiger charge is -2.27. The van der Waals surface area contributed by atoms with E-state index in [0.717, 1.165) is 25.9 Å². The quantitative estimate of drug-likeness (QED) is 0.629. The van der Waals surface area contributed by atoms with E-state index in [2.05, 4.69) is 4.90 Å². The predicted octanol–water partition coefficient (Wildman–Crippen LogP) is 2.22. The van der Waals surface area contributed by atoms with Gasteiger partial charge in [0.1, 0.15) is 6.17 Å². The van der Waals surface area contributed by atoms with Crippen LogP contribution in [0.15, 0.2) is 0 Å². The van der Waals surface area contributed by atoms with Crippen molar-refractivity contribution in [2.24, 2.45) is 5.92 Å². The minimum absolute atomic E-state index is 0.423. The van der Waals surface area contributed by atoms with Crippen molar-refractivity contribution in [2.45, 2.75) is 38.3 Å². The van der Waals surface area contributed by atoms with Crippen LogP contribution in [0.25, 0.3) is 0 Å². The van der Waals surface area contributed by atoms with Gasteiger partial charge in [0.2, 0.25) is 0 Å². The molecule has 1 atom stereocenters. The Labute approximate surface area is 73.9 Å². The van der Waals surface area contributed by atoms with Crippen LogP contribution in [0, 0.1) is 5.92 Å². The molecular formula is C10H18FN. The summed E-state index contributed by atoms with van der Waals surface area (Å²) in [6.45, 7) is 2.98. The lowest BCUT2D eigenvalue weighted by molar-refractivity contribution is 0.154. The fraction of sp³-hybridized carbons (Fsp3) is 1.00. The van der Waals surface area contributed by atoms with E-state index in [-0.39, 0.29) is 0 Å². The highest BCUT2D eigenvalue weighted by molar-refractivity contribution is 4.83. The van der Waals surface area contributed by atoms with Crippen LogP contribution in [0.1, 0.15) is 32.1 Å². The first-order valence-electron chi connectivity index (χ1n) is 5.22. The molecule has 0 radical (unpaired) electrons. The SMILES string of the molecule is FC(CN1CCCCC1)C1CC1. The summed E-state index contributed by atoms with van der Waals surface area (Å²) in [6, 6.07) is 0. The molecule has 2 heteroatoms. The minimum atomic E-state index is -0.525. The number of nitrogens with zero attached hydrogens (tertiary/aromatic N) is 1. The van der Waals surface area contributed by atoms with Crippen molar-refractivity contribution < 1.29 is 4.39 Å². The van der Waals surface area contributed by atoms with Crippen molar-refractivity contribution in [3.8, 4) is 0 Å². The van der Waals surface area contributed by atoms with E-state index >= 15 is 0 Å². The third-order valence-corrected chi connectivity index (χ3v) is 3.01. The fourth-order valence-electron chi connectivity index (χ4n) is 2.00. The van der Waals surface area contributed by atoms with Crippen molar-refractivity contribution in [2.75, 3.05) is 19.6 Å². The Morgan fingerprint density at radius 3 is 2.42 bits per heavy atom. The molecule has 1 unspecified atom stereocenters. The molecule has 0 N–H and O–H groups in total. The van der Waals surface area contributed by atoms with Crippen LogP contribution < -0.4 is 0 Å². The van der Waals surface area contributed by atoms with E-state index in [1.165, 1.54) is 19.3 Å². The summed E-state index contributed by atoms with van der Waals surface area (Å²) in [7, 11) is 0. The third kappa shape index (κ3) is 2.19. The van der Waals surface area contributed by atoms with Crippen LogP contribution in [0.3, 0.4) is 0 Å². The maximum absolute atomic E-state index is 13.3. The molecule has 0 aromatic heterocycles. The molecule has 1 saturated heterocycles. The topological polar surface area (TPSA) is 3.24 Å². The van der Waals surface area contributed by atoms with Gasteiger partial charge < -0.3 is 4.90 Å². The molecule has 0 amide bonds. The molecule has 1 aliphatic heterocycles. The Morgan fingerprint density at radius 1 is 1.17 bits per heavy atom. The molecule has 2 fully saturated rings. The first-order valence-corrected chi connectivity index (χ1v) is 5.22.